The zero-order valence-corrected chi connectivity index (χ0v) is 12.7. The highest BCUT2D eigenvalue weighted by Gasteiger charge is 2.30. The molecule has 10 heteroatoms. The molecule has 120 valence electrons. The minimum Gasteiger partial charge on any atom is -0.357 e. The van der Waals surface area contributed by atoms with Gasteiger partial charge in [-0.25, -0.2) is 0 Å². The van der Waals surface area contributed by atoms with Crippen molar-refractivity contribution in [3.63, 3.8) is 0 Å². The molecule has 0 bridgehead atoms. The Morgan fingerprint density at radius 1 is 1.45 bits per heavy atom. The molecule has 2 heterocycles. The Bertz CT molecular complexity index is 708. The second-order valence-electron chi connectivity index (χ2n) is 4.93. The van der Waals surface area contributed by atoms with Crippen LogP contribution in [0.3, 0.4) is 0 Å². The fraction of sp³-hybridized carbons (Fsp3) is 0.417. The van der Waals surface area contributed by atoms with Crippen molar-refractivity contribution in [1.82, 2.24) is 14.8 Å². The number of amides is 2. The molecule has 2 amide bonds. The Morgan fingerprint density at radius 2 is 2.14 bits per heavy atom. The number of halogens is 1. The van der Waals surface area contributed by atoms with Crippen LogP contribution in [0.4, 0.5) is 3.89 Å². The van der Waals surface area contributed by atoms with Crippen molar-refractivity contribution in [2.24, 2.45) is 0 Å². The van der Waals surface area contributed by atoms with Crippen LogP contribution in [0.1, 0.15) is 17.3 Å². The van der Waals surface area contributed by atoms with E-state index in [9.17, 15) is 21.9 Å². The number of likely N-dealkylation sites (N-methyl/N-ethyl adjacent to an activating group) is 1. The number of nitrogens with zero attached hydrogens (tertiary/aromatic N) is 3. The monoisotopic (exact) mass is 331 g/mol. The van der Waals surface area contributed by atoms with Gasteiger partial charge in [-0.1, -0.05) is 3.89 Å². The van der Waals surface area contributed by atoms with Gasteiger partial charge < -0.3 is 14.0 Å². The van der Waals surface area contributed by atoms with Gasteiger partial charge >= 0.3 is 10.5 Å². The van der Waals surface area contributed by atoms with Gasteiger partial charge in [0.25, 0.3) is 5.91 Å². The molecule has 1 aliphatic heterocycles. The maximum atomic E-state index is 12.5. The van der Waals surface area contributed by atoms with Crippen LogP contribution >= 0.6 is 0 Å². The third-order valence-corrected chi connectivity index (χ3v) is 3.70. The van der Waals surface area contributed by atoms with Gasteiger partial charge in [-0.2, -0.15) is 8.42 Å². The third-order valence-electron chi connectivity index (χ3n) is 3.31. The Kier molecular flexibility index (Phi) is 4.31. The number of carbonyl (C=O) groups is 2. The average molecular weight is 331 g/mol. The zero-order valence-electron chi connectivity index (χ0n) is 11.9. The maximum Gasteiger partial charge on any atom is 0.488 e. The van der Waals surface area contributed by atoms with E-state index in [2.05, 4.69) is 9.17 Å². The number of carbonyl (C=O) groups excluding carboxylic acids is 2. The highest BCUT2D eigenvalue weighted by atomic mass is 32.3. The van der Waals surface area contributed by atoms with Crippen LogP contribution in [0.25, 0.3) is 0 Å². The predicted octanol–water partition coefficient (Wildman–Crippen LogP) is -0.0226. The molecule has 1 saturated heterocycles. The van der Waals surface area contributed by atoms with Crippen molar-refractivity contribution in [3.8, 4) is 5.75 Å². The molecular formula is C12H14FN3O5S. The van der Waals surface area contributed by atoms with Crippen LogP contribution in [0, 0.1) is 0 Å². The number of aromatic nitrogens is 1. The smallest absolute Gasteiger partial charge is 0.357 e. The first kappa shape index (κ1) is 16.1. The minimum atomic E-state index is -5.20. The summed E-state index contributed by atoms with van der Waals surface area (Å²) in [4.78, 5) is 30.6. The van der Waals surface area contributed by atoms with Crippen molar-refractivity contribution in [3.05, 3.63) is 24.0 Å². The van der Waals surface area contributed by atoms with Crippen molar-refractivity contribution < 1.29 is 26.1 Å². The van der Waals surface area contributed by atoms with Gasteiger partial charge in [-0.05, 0) is 13.0 Å². The summed E-state index contributed by atoms with van der Waals surface area (Å²) in [5.74, 6) is -1.14. The van der Waals surface area contributed by atoms with E-state index in [0.29, 0.717) is 6.54 Å². The number of piperazine rings is 1. The van der Waals surface area contributed by atoms with Crippen LogP contribution < -0.4 is 4.18 Å². The fourth-order valence-electron chi connectivity index (χ4n) is 2.06. The Balaban J connectivity index is 2.19. The number of hydrogen-bond acceptors (Lipinski definition) is 6. The molecule has 1 aliphatic rings. The summed E-state index contributed by atoms with van der Waals surface area (Å²) < 4.78 is 37.4. The number of rotatable bonds is 3. The summed E-state index contributed by atoms with van der Waals surface area (Å²) >= 11 is 0. The molecule has 1 aromatic heterocycles. The SMILES string of the molecule is CC1CN(C(=O)c2cncc(OS(=O)(=O)F)c2)CC(=O)N1C. The molecule has 2 rings (SSSR count). The van der Waals surface area contributed by atoms with Crippen molar-refractivity contribution >= 4 is 22.3 Å². The molecule has 8 nitrogen and oxygen atoms in total. The van der Waals surface area contributed by atoms with E-state index in [0.717, 1.165) is 12.3 Å². The Morgan fingerprint density at radius 3 is 2.73 bits per heavy atom. The summed E-state index contributed by atoms with van der Waals surface area (Å²) in [7, 11) is -3.55. The van der Waals surface area contributed by atoms with Crippen molar-refractivity contribution in [2.75, 3.05) is 20.1 Å². The largest absolute Gasteiger partial charge is 0.488 e. The topological polar surface area (TPSA) is 96.9 Å². The number of hydrogen-bond donors (Lipinski definition) is 0. The van der Waals surface area contributed by atoms with E-state index in [1.54, 1.807) is 14.0 Å². The van der Waals surface area contributed by atoms with Gasteiger partial charge in [0, 0.05) is 25.8 Å². The average Bonchev–Trinajstić information content (AvgIpc) is 2.42. The highest BCUT2D eigenvalue weighted by molar-refractivity contribution is 7.81. The first-order chi connectivity index (χ1) is 10.2. The van der Waals surface area contributed by atoms with Gasteiger partial charge in [0.1, 0.15) is 6.54 Å². The second kappa shape index (κ2) is 5.87. The standard InChI is InChI=1S/C12H14FN3O5S/c1-8-6-16(7-11(17)15(8)2)12(18)9-3-10(5-14-4-9)21-22(13,19)20/h3-5,8H,6-7H2,1-2H3. The molecule has 1 aromatic rings. The Labute approximate surface area is 126 Å². The van der Waals surface area contributed by atoms with E-state index >= 15 is 0 Å². The molecule has 0 saturated carbocycles. The van der Waals surface area contributed by atoms with Crippen molar-refractivity contribution in [2.45, 2.75) is 13.0 Å². The molecule has 1 fully saturated rings. The summed E-state index contributed by atoms with van der Waals surface area (Å²) in [5, 5.41) is 0. The minimum absolute atomic E-state index is 0.00528. The molecule has 0 spiro atoms. The lowest BCUT2D eigenvalue weighted by Gasteiger charge is -2.37. The first-order valence-corrected chi connectivity index (χ1v) is 7.62. The molecular weight excluding hydrogens is 317 g/mol. The highest BCUT2D eigenvalue weighted by Crippen LogP contribution is 2.17. The first-order valence-electron chi connectivity index (χ1n) is 6.31. The molecule has 22 heavy (non-hydrogen) atoms. The maximum absolute atomic E-state index is 12.5. The van der Waals surface area contributed by atoms with Crippen LogP contribution in [0.15, 0.2) is 18.5 Å². The normalized spacial score (nSPS) is 19.2. The van der Waals surface area contributed by atoms with E-state index in [1.165, 1.54) is 16.0 Å². The van der Waals surface area contributed by atoms with E-state index in [4.69, 9.17) is 0 Å². The number of pyridine rings is 1. The van der Waals surface area contributed by atoms with Gasteiger partial charge in [-0.15, -0.1) is 0 Å². The molecule has 1 atom stereocenters. The lowest BCUT2D eigenvalue weighted by atomic mass is 10.1. The van der Waals surface area contributed by atoms with Gasteiger partial charge in [0.15, 0.2) is 5.75 Å². The lowest BCUT2D eigenvalue weighted by Crippen LogP contribution is -2.55. The fourth-order valence-corrected chi connectivity index (χ4v) is 2.38. The molecule has 0 aliphatic carbocycles. The summed E-state index contributed by atoms with van der Waals surface area (Å²) in [6.07, 6.45) is 2.15. The van der Waals surface area contributed by atoms with E-state index in [-0.39, 0.29) is 24.1 Å². The lowest BCUT2D eigenvalue weighted by molar-refractivity contribution is -0.136. The van der Waals surface area contributed by atoms with Gasteiger partial charge in [0.2, 0.25) is 5.91 Å². The predicted molar refractivity (Wildman–Crippen MR) is 73.0 cm³/mol. The summed E-state index contributed by atoms with van der Waals surface area (Å²) in [6.45, 7) is 2.03. The van der Waals surface area contributed by atoms with Crippen LogP contribution in [0.2, 0.25) is 0 Å². The molecule has 0 aromatic carbocycles. The van der Waals surface area contributed by atoms with Crippen molar-refractivity contribution in [1.29, 1.82) is 0 Å². The molecule has 0 radical (unpaired) electrons. The van der Waals surface area contributed by atoms with E-state index < -0.39 is 22.2 Å². The molecule has 0 N–H and O–H groups in total. The van der Waals surface area contributed by atoms with Crippen LogP contribution in [-0.2, 0) is 15.3 Å². The quantitative estimate of drug-likeness (QED) is 0.722. The third kappa shape index (κ3) is 3.70. The second-order valence-corrected chi connectivity index (χ2v) is 5.88. The summed E-state index contributed by atoms with van der Waals surface area (Å²) in [5.41, 5.74) is 0.00528. The summed E-state index contributed by atoms with van der Waals surface area (Å²) in [6, 6.07) is 0.906. The Hall–Kier alpha value is -2.23. The van der Waals surface area contributed by atoms with Crippen LogP contribution in [0.5, 0.6) is 5.75 Å². The molecule has 1 unspecified atom stereocenters. The van der Waals surface area contributed by atoms with Crippen LogP contribution in [-0.4, -0.2) is 61.2 Å². The van der Waals surface area contributed by atoms with E-state index in [1.807, 2.05) is 0 Å². The van der Waals surface area contributed by atoms with Gasteiger partial charge in [0.05, 0.1) is 11.8 Å². The zero-order chi connectivity index (χ0) is 16.5. The van der Waals surface area contributed by atoms with Gasteiger partial charge in [-0.3, -0.25) is 14.6 Å².